The number of tetrazole rings is 1. The lowest BCUT2D eigenvalue weighted by atomic mass is 9.96. The van der Waals surface area contributed by atoms with Gasteiger partial charge in [0.2, 0.25) is 0 Å². The van der Waals surface area contributed by atoms with E-state index in [4.69, 9.17) is 9.47 Å². The van der Waals surface area contributed by atoms with Gasteiger partial charge < -0.3 is 14.4 Å². The number of carbonyl (C=O) groups is 2. The Morgan fingerprint density at radius 2 is 1.89 bits per heavy atom. The largest absolute Gasteiger partial charge is 0.486 e. The molecule has 1 aromatic heterocycles. The first kappa shape index (κ1) is 18.8. The molecule has 2 heterocycles. The lowest BCUT2D eigenvalue weighted by Gasteiger charge is -2.31. The number of likely N-dealkylation sites (tertiary alicyclic amines) is 1. The average Bonchev–Trinajstić information content (AvgIpc) is 3.11. The van der Waals surface area contributed by atoms with Crippen LogP contribution in [0.4, 0.5) is 0 Å². The van der Waals surface area contributed by atoms with E-state index in [0.29, 0.717) is 49.7 Å². The Kier molecular flexibility index (Phi) is 6.00. The minimum atomic E-state index is -0.163. The first-order chi connectivity index (χ1) is 13.1. The predicted molar refractivity (Wildman–Crippen MR) is 94.8 cm³/mol. The molecule has 27 heavy (non-hydrogen) atoms. The van der Waals surface area contributed by atoms with Crippen LogP contribution in [0.5, 0.6) is 5.75 Å². The summed E-state index contributed by atoms with van der Waals surface area (Å²) in [4.78, 5) is 26.2. The van der Waals surface area contributed by atoms with E-state index in [1.54, 1.807) is 43.1 Å². The van der Waals surface area contributed by atoms with Crippen LogP contribution in [0.15, 0.2) is 24.3 Å². The molecule has 0 spiro atoms. The van der Waals surface area contributed by atoms with Gasteiger partial charge in [-0.15, -0.1) is 5.10 Å². The summed E-state index contributed by atoms with van der Waals surface area (Å²) in [6, 6.07) is 6.98. The van der Waals surface area contributed by atoms with Crippen molar-refractivity contribution in [3.63, 3.8) is 0 Å². The minimum Gasteiger partial charge on any atom is -0.486 e. The molecule has 9 heteroatoms. The van der Waals surface area contributed by atoms with Crippen LogP contribution in [-0.4, -0.2) is 56.7 Å². The Bertz CT molecular complexity index is 781. The van der Waals surface area contributed by atoms with E-state index >= 15 is 0 Å². The van der Waals surface area contributed by atoms with Gasteiger partial charge in [0.05, 0.1) is 12.5 Å². The number of rotatable bonds is 6. The predicted octanol–water partition coefficient (Wildman–Crippen LogP) is 1.20. The molecule has 1 saturated heterocycles. The van der Waals surface area contributed by atoms with Crippen LogP contribution >= 0.6 is 0 Å². The topological polar surface area (TPSA) is 99.4 Å². The average molecular weight is 373 g/mol. The van der Waals surface area contributed by atoms with Gasteiger partial charge in [-0.25, -0.2) is 4.68 Å². The summed E-state index contributed by atoms with van der Waals surface area (Å²) in [5, 5.41) is 11.1. The summed E-state index contributed by atoms with van der Waals surface area (Å²) < 4.78 is 12.2. The maximum Gasteiger partial charge on any atom is 0.309 e. The van der Waals surface area contributed by atoms with Crippen molar-refractivity contribution in [1.82, 2.24) is 25.1 Å². The molecule has 1 fully saturated rings. The van der Waals surface area contributed by atoms with Crippen molar-refractivity contribution in [2.75, 3.05) is 19.7 Å². The van der Waals surface area contributed by atoms with Crippen LogP contribution in [-0.2, 0) is 23.2 Å². The van der Waals surface area contributed by atoms with E-state index in [9.17, 15) is 9.59 Å². The third kappa shape index (κ3) is 4.60. The van der Waals surface area contributed by atoms with Crippen molar-refractivity contribution in [2.24, 2.45) is 13.0 Å². The fourth-order valence-corrected chi connectivity index (χ4v) is 2.97. The van der Waals surface area contributed by atoms with Crippen molar-refractivity contribution in [3.8, 4) is 5.75 Å². The molecule has 1 aromatic carbocycles. The number of ether oxygens (including phenoxy) is 2. The summed E-state index contributed by atoms with van der Waals surface area (Å²) >= 11 is 0. The lowest BCUT2D eigenvalue weighted by Crippen LogP contribution is -2.40. The van der Waals surface area contributed by atoms with Crippen LogP contribution in [0.25, 0.3) is 0 Å². The number of hydrogen-bond acceptors (Lipinski definition) is 7. The summed E-state index contributed by atoms with van der Waals surface area (Å²) in [6.07, 6.45) is 1.27. The number of benzene rings is 1. The van der Waals surface area contributed by atoms with Crippen molar-refractivity contribution in [3.05, 3.63) is 35.7 Å². The molecule has 1 aliphatic rings. The summed E-state index contributed by atoms with van der Waals surface area (Å²) in [5.41, 5.74) is 0.595. The second kappa shape index (κ2) is 8.61. The highest BCUT2D eigenvalue weighted by Crippen LogP contribution is 2.21. The van der Waals surface area contributed by atoms with Crippen molar-refractivity contribution in [1.29, 1.82) is 0 Å². The monoisotopic (exact) mass is 373 g/mol. The zero-order chi connectivity index (χ0) is 19.2. The standard InChI is InChI=1S/C18H23N5O4/c1-3-26-18(25)14-8-10-23(11-9-14)17(24)13-4-6-15(7-5-13)27-12-16-19-20-21-22(16)2/h4-7,14H,3,8-12H2,1-2H3. The normalized spacial score (nSPS) is 14.8. The zero-order valence-electron chi connectivity index (χ0n) is 15.5. The van der Waals surface area contributed by atoms with Crippen LogP contribution < -0.4 is 4.74 Å². The second-order valence-electron chi connectivity index (χ2n) is 6.35. The van der Waals surface area contributed by atoms with Gasteiger partial charge in [0.1, 0.15) is 12.4 Å². The smallest absolute Gasteiger partial charge is 0.309 e. The number of aromatic nitrogens is 4. The van der Waals surface area contributed by atoms with E-state index in [1.165, 1.54) is 4.68 Å². The third-order valence-electron chi connectivity index (χ3n) is 4.58. The van der Waals surface area contributed by atoms with Crippen molar-refractivity contribution in [2.45, 2.75) is 26.4 Å². The summed E-state index contributed by atoms with van der Waals surface area (Å²) in [5.74, 6) is 0.931. The van der Waals surface area contributed by atoms with Crippen LogP contribution in [0, 0.1) is 5.92 Å². The highest BCUT2D eigenvalue weighted by atomic mass is 16.5. The van der Waals surface area contributed by atoms with Gasteiger partial charge in [-0.05, 0) is 54.5 Å². The van der Waals surface area contributed by atoms with Gasteiger partial charge in [0, 0.05) is 25.7 Å². The fraction of sp³-hybridized carbons (Fsp3) is 0.500. The highest BCUT2D eigenvalue weighted by molar-refractivity contribution is 5.94. The van der Waals surface area contributed by atoms with Crippen LogP contribution in [0.3, 0.4) is 0 Å². The van der Waals surface area contributed by atoms with Gasteiger partial charge in [-0.1, -0.05) is 0 Å². The van der Waals surface area contributed by atoms with Gasteiger partial charge in [0.15, 0.2) is 5.82 Å². The lowest BCUT2D eigenvalue weighted by molar-refractivity contribution is -0.149. The van der Waals surface area contributed by atoms with Gasteiger partial charge >= 0.3 is 5.97 Å². The molecule has 0 unspecified atom stereocenters. The van der Waals surface area contributed by atoms with Crippen molar-refractivity contribution >= 4 is 11.9 Å². The fourth-order valence-electron chi connectivity index (χ4n) is 2.97. The zero-order valence-corrected chi connectivity index (χ0v) is 15.5. The van der Waals surface area contributed by atoms with Gasteiger partial charge in [-0.3, -0.25) is 9.59 Å². The molecule has 2 aromatic rings. The van der Waals surface area contributed by atoms with Gasteiger partial charge in [-0.2, -0.15) is 0 Å². The Hall–Kier alpha value is -2.97. The molecule has 1 aliphatic heterocycles. The molecule has 9 nitrogen and oxygen atoms in total. The maximum atomic E-state index is 12.6. The quantitative estimate of drug-likeness (QED) is 0.702. The van der Waals surface area contributed by atoms with E-state index < -0.39 is 0 Å². The summed E-state index contributed by atoms with van der Waals surface area (Å²) in [7, 11) is 1.74. The highest BCUT2D eigenvalue weighted by Gasteiger charge is 2.28. The molecule has 144 valence electrons. The molecule has 0 radical (unpaired) electrons. The number of hydrogen-bond donors (Lipinski definition) is 0. The number of aryl methyl sites for hydroxylation is 1. The third-order valence-corrected chi connectivity index (χ3v) is 4.58. The molecular weight excluding hydrogens is 350 g/mol. The minimum absolute atomic E-state index is 0.0404. The second-order valence-corrected chi connectivity index (χ2v) is 6.35. The Balaban J connectivity index is 1.52. The van der Waals surface area contributed by atoms with E-state index in [0.717, 1.165) is 0 Å². The number of esters is 1. The van der Waals surface area contributed by atoms with E-state index in [2.05, 4.69) is 15.5 Å². The SMILES string of the molecule is CCOC(=O)C1CCN(C(=O)c2ccc(OCc3nnnn3C)cc2)CC1. The molecule has 0 atom stereocenters. The van der Waals surface area contributed by atoms with E-state index in [1.807, 2.05) is 0 Å². The maximum absolute atomic E-state index is 12.6. The van der Waals surface area contributed by atoms with Crippen LogP contribution in [0.1, 0.15) is 35.9 Å². The first-order valence-corrected chi connectivity index (χ1v) is 8.98. The summed E-state index contributed by atoms with van der Waals surface area (Å²) in [6.45, 7) is 3.55. The molecule has 0 aliphatic carbocycles. The molecular formula is C18H23N5O4. The van der Waals surface area contributed by atoms with Crippen LogP contribution in [0.2, 0.25) is 0 Å². The number of nitrogens with zero attached hydrogens (tertiary/aromatic N) is 5. The molecule has 0 saturated carbocycles. The molecule has 3 rings (SSSR count). The molecule has 1 amide bonds. The van der Waals surface area contributed by atoms with Crippen molar-refractivity contribution < 1.29 is 19.1 Å². The Labute approximate surface area is 157 Å². The van der Waals surface area contributed by atoms with E-state index in [-0.39, 0.29) is 24.4 Å². The molecule has 0 bridgehead atoms. The number of piperidine rings is 1. The number of amides is 1. The number of carbonyl (C=O) groups excluding carboxylic acids is 2. The Morgan fingerprint density at radius 1 is 1.19 bits per heavy atom. The van der Waals surface area contributed by atoms with Gasteiger partial charge in [0.25, 0.3) is 5.91 Å². The Morgan fingerprint density at radius 3 is 2.48 bits per heavy atom. The first-order valence-electron chi connectivity index (χ1n) is 8.98. The molecule has 0 N–H and O–H groups in total.